The summed E-state index contributed by atoms with van der Waals surface area (Å²) >= 11 is 0. The van der Waals surface area contributed by atoms with Crippen molar-refractivity contribution in [1.82, 2.24) is 0 Å². The van der Waals surface area contributed by atoms with Crippen LogP contribution in [0.2, 0.25) is 0 Å². The maximum absolute atomic E-state index is 10.0. The number of aliphatic hydroxyl groups is 2. The van der Waals surface area contributed by atoms with Crippen LogP contribution in [-0.4, -0.2) is 40.3 Å². The molecule has 0 aliphatic rings. The summed E-state index contributed by atoms with van der Waals surface area (Å²) in [5.74, 6) is 0.133. The van der Waals surface area contributed by atoms with Crippen molar-refractivity contribution in [2.45, 2.75) is 18.9 Å². The van der Waals surface area contributed by atoms with Gasteiger partial charge in [-0.2, -0.15) is 0 Å². The van der Waals surface area contributed by atoms with Crippen molar-refractivity contribution in [2.24, 2.45) is 4.99 Å². The number of rotatable bonds is 5. The Morgan fingerprint density at radius 3 is 2.45 bits per heavy atom. The molecule has 0 heterocycles. The molecule has 0 saturated heterocycles. The van der Waals surface area contributed by atoms with E-state index < -0.39 is 5.54 Å². The van der Waals surface area contributed by atoms with E-state index in [4.69, 9.17) is 0 Å². The van der Waals surface area contributed by atoms with Crippen molar-refractivity contribution < 1.29 is 15.3 Å². The van der Waals surface area contributed by atoms with Crippen LogP contribution in [0.5, 0.6) is 5.75 Å². The molecule has 20 heavy (non-hydrogen) atoms. The zero-order chi connectivity index (χ0) is 14.6. The van der Waals surface area contributed by atoms with Crippen molar-refractivity contribution in [3.8, 4) is 5.75 Å². The van der Waals surface area contributed by atoms with E-state index in [9.17, 15) is 15.3 Å². The number of hydrogen-bond donors (Lipinski definition) is 3. The molecule has 0 saturated carbocycles. The molecule has 3 N–H and O–H groups in total. The molecule has 0 radical (unpaired) electrons. The van der Waals surface area contributed by atoms with Gasteiger partial charge in [0.15, 0.2) is 0 Å². The van der Waals surface area contributed by atoms with E-state index in [1.807, 2.05) is 37.3 Å². The van der Waals surface area contributed by atoms with Gasteiger partial charge < -0.3 is 15.3 Å². The average molecular weight is 273 g/mol. The predicted octanol–water partition coefficient (Wildman–Crippen LogP) is 2.10. The van der Waals surface area contributed by atoms with Crippen LogP contribution in [0, 0.1) is 0 Å². The van der Waals surface area contributed by atoms with E-state index in [2.05, 4.69) is 4.99 Å². The first-order valence-electron chi connectivity index (χ1n) is 6.63. The Labute approximate surface area is 118 Å². The number of hydrogen-bond acceptors (Lipinski definition) is 4. The molecule has 0 aromatic heterocycles. The lowest BCUT2D eigenvalue weighted by Gasteiger charge is -2.23. The monoisotopic (exact) mass is 273 g/mol. The molecule has 0 unspecified atom stereocenters. The number of benzene rings is 2. The number of phenolic OH excluding ortho intramolecular Hbond substituents is 1. The molecule has 4 heteroatoms. The molecule has 0 fully saturated rings. The molecule has 106 valence electrons. The van der Waals surface area contributed by atoms with Crippen molar-refractivity contribution in [3.63, 3.8) is 0 Å². The number of aliphatic imine (C=N–C) groups is 1. The standard InChI is InChI=1S/C16H19NO3/c1-2-16(10-18,11-19)17-9-14-13-6-4-3-5-12(13)7-8-15(14)20/h3-9,18-20H,2,10-11H2,1H3. The second-order valence-electron chi connectivity index (χ2n) is 4.87. The molecule has 0 aliphatic carbocycles. The summed E-state index contributed by atoms with van der Waals surface area (Å²) in [6.07, 6.45) is 2.05. The second-order valence-corrected chi connectivity index (χ2v) is 4.87. The highest BCUT2D eigenvalue weighted by molar-refractivity contribution is 6.02. The van der Waals surface area contributed by atoms with Gasteiger partial charge in [0.25, 0.3) is 0 Å². The van der Waals surface area contributed by atoms with Crippen LogP contribution >= 0.6 is 0 Å². The summed E-state index contributed by atoms with van der Waals surface area (Å²) in [5, 5.41) is 30.7. The van der Waals surface area contributed by atoms with Gasteiger partial charge in [0, 0.05) is 11.8 Å². The fourth-order valence-electron chi connectivity index (χ4n) is 2.07. The van der Waals surface area contributed by atoms with E-state index in [1.54, 1.807) is 6.07 Å². The maximum Gasteiger partial charge on any atom is 0.124 e. The summed E-state index contributed by atoms with van der Waals surface area (Å²) in [5.41, 5.74) is -0.300. The zero-order valence-corrected chi connectivity index (χ0v) is 11.5. The Morgan fingerprint density at radius 2 is 1.80 bits per heavy atom. The Kier molecular flexibility index (Phi) is 4.37. The summed E-state index contributed by atoms with van der Waals surface area (Å²) in [6.45, 7) is 1.39. The third-order valence-corrected chi connectivity index (χ3v) is 3.66. The summed E-state index contributed by atoms with van der Waals surface area (Å²) in [6, 6.07) is 11.1. The van der Waals surface area contributed by atoms with Gasteiger partial charge in [-0.3, -0.25) is 4.99 Å². The van der Waals surface area contributed by atoms with Crippen molar-refractivity contribution in [1.29, 1.82) is 0 Å². The lowest BCUT2D eigenvalue weighted by atomic mass is 9.99. The Hall–Kier alpha value is -1.91. The first-order valence-corrected chi connectivity index (χ1v) is 6.63. The fourth-order valence-corrected chi connectivity index (χ4v) is 2.07. The van der Waals surface area contributed by atoms with Crippen LogP contribution in [0.4, 0.5) is 0 Å². The van der Waals surface area contributed by atoms with Crippen molar-refractivity contribution in [2.75, 3.05) is 13.2 Å². The fraction of sp³-hybridized carbons (Fsp3) is 0.312. The topological polar surface area (TPSA) is 73.0 Å². The van der Waals surface area contributed by atoms with Crippen LogP contribution in [0.3, 0.4) is 0 Å². The third-order valence-electron chi connectivity index (χ3n) is 3.66. The molecule has 0 spiro atoms. The minimum Gasteiger partial charge on any atom is -0.507 e. The smallest absolute Gasteiger partial charge is 0.124 e. The molecule has 2 rings (SSSR count). The van der Waals surface area contributed by atoms with Gasteiger partial charge in [0.1, 0.15) is 11.3 Å². The number of nitrogens with zero attached hydrogens (tertiary/aromatic N) is 1. The van der Waals surface area contributed by atoms with Crippen LogP contribution < -0.4 is 0 Å². The number of aromatic hydroxyl groups is 1. The van der Waals surface area contributed by atoms with Crippen LogP contribution in [0.15, 0.2) is 41.4 Å². The lowest BCUT2D eigenvalue weighted by molar-refractivity contribution is 0.120. The molecule has 2 aromatic carbocycles. The zero-order valence-electron chi connectivity index (χ0n) is 11.5. The Balaban J connectivity index is 2.50. The quantitative estimate of drug-likeness (QED) is 0.730. The second kappa shape index (κ2) is 6.03. The minimum atomic E-state index is -0.899. The molecule has 0 atom stereocenters. The highest BCUT2D eigenvalue weighted by atomic mass is 16.3. The van der Waals surface area contributed by atoms with Gasteiger partial charge in [-0.05, 0) is 23.3 Å². The van der Waals surface area contributed by atoms with Gasteiger partial charge >= 0.3 is 0 Å². The predicted molar refractivity (Wildman–Crippen MR) is 80.4 cm³/mol. The average Bonchev–Trinajstić information content (AvgIpc) is 2.51. The van der Waals surface area contributed by atoms with Crippen molar-refractivity contribution >= 4 is 17.0 Å². The number of phenols is 1. The maximum atomic E-state index is 10.0. The number of aliphatic hydroxyl groups excluding tert-OH is 2. The molecule has 0 bridgehead atoms. The minimum absolute atomic E-state index is 0.133. The van der Waals surface area contributed by atoms with Gasteiger partial charge in [0.2, 0.25) is 0 Å². The molecular formula is C16H19NO3. The molecule has 4 nitrogen and oxygen atoms in total. The van der Waals surface area contributed by atoms with Gasteiger partial charge in [-0.15, -0.1) is 0 Å². The van der Waals surface area contributed by atoms with E-state index >= 15 is 0 Å². The van der Waals surface area contributed by atoms with E-state index in [0.29, 0.717) is 12.0 Å². The van der Waals surface area contributed by atoms with E-state index in [-0.39, 0.29) is 19.0 Å². The normalized spacial score (nSPS) is 12.3. The lowest BCUT2D eigenvalue weighted by Crippen LogP contribution is -2.34. The summed E-state index contributed by atoms with van der Waals surface area (Å²) in [7, 11) is 0. The largest absolute Gasteiger partial charge is 0.507 e. The van der Waals surface area contributed by atoms with Crippen LogP contribution in [-0.2, 0) is 0 Å². The first kappa shape index (κ1) is 14.5. The molecule has 0 amide bonds. The first-order chi connectivity index (χ1) is 9.65. The van der Waals surface area contributed by atoms with Crippen LogP contribution in [0.1, 0.15) is 18.9 Å². The van der Waals surface area contributed by atoms with E-state index in [0.717, 1.165) is 10.8 Å². The number of fused-ring (bicyclic) bond motifs is 1. The van der Waals surface area contributed by atoms with Gasteiger partial charge in [-0.1, -0.05) is 37.3 Å². The van der Waals surface area contributed by atoms with Gasteiger partial charge in [-0.25, -0.2) is 0 Å². The van der Waals surface area contributed by atoms with Crippen LogP contribution in [0.25, 0.3) is 10.8 Å². The molecule has 0 aliphatic heterocycles. The molecule has 2 aromatic rings. The Morgan fingerprint density at radius 1 is 1.10 bits per heavy atom. The SMILES string of the molecule is CCC(CO)(CO)N=Cc1c(O)ccc2ccccc12. The van der Waals surface area contributed by atoms with Gasteiger partial charge in [0.05, 0.1) is 13.2 Å². The Bertz CT molecular complexity index is 610. The summed E-state index contributed by atoms with van der Waals surface area (Å²) in [4.78, 5) is 4.31. The molecular weight excluding hydrogens is 254 g/mol. The van der Waals surface area contributed by atoms with E-state index in [1.165, 1.54) is 6.21 Å². The highest BCUT2D eigenvalue weighted by Crippen LogP contribution is 2.26. The highest BCUT2D eigenvalue weighted by Gasteiger charge is 2.24. The summed E-state index contributed by atoms with van der Waals surface area (Å²) < 4.78 is 0. The van der Waals surface area contributed by atoms with Crippen molar-refractivity contribution in [3.05, 3.63) is 42.0 Å². The third kappa shape index (κ3) is 2.66.